The molecule has 1 fully saturated rings. The van der Waals surface area contributed by atoms with Crippen LogP contribution in [0.4, 0.5) is 0 Å². The predicted molar refractivity (Wildman–Crippen MR) is 152 cm³/mol. The Morgan fingerprint density at radius 2 is 1.65 bits per heavy atom. The second-order valence-electron chi connectivity index (χ2n) is 10.6. The Labute approximate surface area is 236 Å². The van der Waals surface area contributed by atoms with Gasteiger partial charge in [-0.2, -0.15) is 0 Å². The lowest BCUT2D eigenvalue weighted by molar-refractivity contribution is -0.144. The molecule has 1 N–H and O–H groups in total. The molecule has 0 saturated carbocycles. The van der Waals surface area contributed by atoms with Gasteiger partial charge in [-0.05, 0) is 49.4 Å². The standard InChI is InChI=1S/C32H39N3O5/c1-4-22(2)33-30(37)28(20-23-11-6-5-7-12-23)35(21-24-13-10-14-25(19-24)40-3)29(36)17-18-34-31(38)26-15-8-9-16-27(26)32(34)39/h5-14,19,22,26-28H,4,15-18,20-21H2,1-3H3,(H,33,37)/t22?,26-,27+,28?. The Kier molecular flexibility index (Phi) is 9.74. The molecule has 1 aliphatic carbocycles. The highest BCUT2D eigenvalue weighted by molar-refractivity contribution is 6.05. The number of nitrogens with zero attached hydrogens (tertiary/aromatic N) is 2. The molecule has 8 nitrogen and oxygen atoms in total. The third kappa shape index (κ3) is 6.79. The maximum atomic E-state index is 13.9. The number of ether oxygens (including phenoxy) is 1. The minimum absolute atomic E-state index is 0.00312. The Morgan fingerprint density at radius 3 is 2.27 bits per heavy atom. The molecule has 1 heterocycles. The lowest BCUT2D eigenvalue weighted by Gasteiger charge is -2.33. The molecule has 2 aromatic carbocycles. The topological polar surface area (TPSA) is 96.0 Å². The van der Waals surface area contributed by atoms with E-state index in [0.29, 0.717) is 25.0 Å². The molecule has 0 radical (unpaired) electrons. The molecule has 4 atom stereocenters. The van der Waals surface area contributed by atoms with Crippen LogP contribution in [0.25, 0.3) is 0 Å². The second-order valence-corrected chi connectivity index (χ2v) is 10.6. The highest BCUT2D eigenvalue weighted by Gasteiger charge is 2.47. The number of hydrogen-bond donors (Lipinski definition) is 1. The van der Waals surface area contributed by atoms with Gasteiger partial charge in [-0.15, -0.1) is 0 Å². The van der Waals surface area contributed by atoms with Gasteiger partial charge in [0.05, 0.1) is 18.9 Å². The molecule has 0 bridgehead atoms. The van der Waals surface area contributed by atoms with Crippen molar-refractivity contribution in [2.24, 2.45) is 11.8 Å². The number of carbonyl (C=O) groups is 4. The van der Waals surface area contributed by atoms with Crippen molar-refractivity contribution in [2.75, 3.05) is 13.7 Å². The maximum absolute atomic E-state index is 13.9. The van der Waals surface area contributed by atoms with Crippen molar-refractivity contribution in [1.82, 2.24) is 15.1 Å². The van der Waals surface area contributed by atoms with Crippen molar-refractivity contribution in [3.8, 4) is 5.75 Å². The van der Waals surface area contributed by atoms with Gasteiger partial charge in [0.25, 0.3) is 0 Å². The molecule has 4 rings (SSSR count). The fourth-order valence-corrected chi connectivity index (χ4v) is 5.40. The minimum atomic E-state index is -0.785. The van der Waals surface area contributed by atoms with Crippen molar-refractivity contribution < 1.29 is 23.9 Å². The fraction of sp³-hybridized carbons (Fsp3) is 0.438. The minimum Gasteiger partial charge on any atom is -0.497 e. The first-order chi connectivity index (χ1) is 19.3. The Hall–Kier alpha value is -3.94. The smallest absolute Gasteiger partial charge is 0.243 e. The first-order valence-corrected chi connectivity index (χ1v) is 14.1. The van der Waals surface area contributed by atoms with Gasteiger partial charge in [-0.3, -0.25) is 24.1 Å². The molecule has 0 aromatic heterocycles. The summed E-state index contributed by atoms with van der Waals surface area (Å²) in [5, 5.41) is 3.06. The fourth-order valence-electron chi connectivity index (χ4n) is 5.40. The summed E-state index contributed by atoms with van der Waals surface area (Å²) in [6.45, 7) is 4.11. The van der Waals surface area contributed by atoms with Crippen molar-refractivity contribution in [3.05, 3.63) is 77.9 Å². The highest BCUT2D eigenvalue weighted by atomic mass is 16.5. The van der Waals surface area contributed by atoms with Crippen LogP contribution >= 0.6 is 0 Å². The van der Waals surface area contributed by atoms with E-state index in [9.17, 15) is 19.2 Å². The molecule has 212 valence electrons. The zero-order valence-electron chi connectivity index (χ0n) is 23.5. The summed E-state index contributed by atoms with van der Waals surface area (Å²) in [5.41, 5.74) is 1.74. The van der Waals surface area contributed by atoms with Crippen molar-refractivity contribution in [3.63, 3.8) is 0 Å². The number of hydrogen-bond acceptors (Lipinski definition) is 5. The summed E-state index contributed by atoms with van der Waals surface area (Å²) in [5.74, 6) is -0.974. The van der Waals surface area contributed by atoms with E-state index in [0.717, 1.165) is 17.5 Å². The molecule has 2 aromatic rings. The first-order valence-electron chi connectivity index (χ1n) is 14.1. The Bertz CT molecular complexity index is 1220. The summed E-state index contributed by atoms with van der Waals surface area (Å²) in [6.07, 6.45) is 6.02. The molecule has 40 heavy (non-hydrogen) atoms. The number of methoxy groups -OCH3 is 1. The molecule has 0 spiro atoms. The third-order valence-corrected chi connectivity index (χ3v) is 7.91. The van der Waals surface area contributed by atoms with E-state index >= 15 is 0 Å². The van der Waals surface area contributed by atoms with Gasteiger partial charge in [0, 0.05) is 32.0 Å². The number of nitrogens with one attached hydrogen (secondary N) is 1. The van der Waals surface area contributed by atoms with Crippen molar-refractivity contribution >= 4 is 23.6 Å². The van der Waals surface area contributed by atoms with Crippen LogP contribution < -0.4 is 10.1 Å². The zero-order valence-corrected chi connectivity index (χ0v) is 23.5. The zero-order chi connectivity index (χ0) is 28.6. The van der Waals surface area contributed by atoms with Gasteiger partial charge in [0.2, 0.25) is 23.6 Å². The van der Waals surface area contributed by atoms with Crippen LogP contribution in [-0.2, 0) is 32.1 Å². The van der Waals surface area contributed by atoms with Gasteiger partial charge in [0.15, 0.2) is 0 Å². The van der Waals surface area contributed by atoms with E-state index in [1.165, 1.54) is 4.90 Å². The summed E-state index contributed by atoms with van der Waals surface area (Å²) in [6, 6.07) is 16.2. The van der Waals surface area contributed by atoms with Gasteiger partial charge < -0.3 is 15.0 Å². The van der Waals surface area contributed by atoms with Crippen LogP contribution in [0.15, 0.2) is 66.7 Å². The molecule has 2 unspecified atom stereocenters. The molecule has 2 aliphatic rings. The maximum Gasteiger partial charge on any atom is 0.243 e. The molecule has 4 amide bonds. The number of rotatable bonds is 12. The van der Waals surface area contributed by atoms with Crippen LogP contribution in [0.1, 0.15) is 50.7 Å². The SMILES string of the molecule is CCC(C)NC(=O)C(Cc1ccccc1)N(Cc1cccc(OC)c1)C(=O)CCN1C(=O)[C@H]2CC=CC[C@H]2C1=O. The molecule has 1 saturated heterocycles. The van der Waals surface area contributed by atoms with Crippen LogP contribution in [0.3, 0.4) is 0 Å². The van der Waals surface area contributed by atoms with E-state index in [-0.39, 0.29) is 61.0 Å². The Balaban J connectivity index is 1.60. The summed E-state index contributed by atoms with van der Waals surface area (Å²) in [4.78, 5) is 56.4. The number of fused-ring (bicyclic) bond motifs is 1. The lowest BCUT2D eigenvalue weighted by Crippen LogP contribution is -2.52. The number of carbonyl (C=O) groups excluding carboxylic acids is 4. The number of amides is 4. The third-order valence-electron chi connectivity index (χ3n) is 7.91. The number of benzene rings is 2. The second kappa shape index (κ2) is 13.4. The largest absolute Gasteiger partial charge is 0.497 e. The van der Waals surface area contributed by atoms with Gasteiger partial charge >= 0.3 is 0 Å². The molecule has 8 heteroatoms. The van der Waals surface area contributed by atoms with E-state index in [1.807, 2.05) is 80.6 Å². The molecule has 1 aliphatic heterocycles. The average Bonchev–Trinajstić information content (AvgIpc) is 3.22. The van der Waals surface area contributed by atoms with Gasteiger partial charge in [-0.1, -0.05) is 61.5 Å². The van der Waals surface area contributed by atoms with Crippen LogP contribution in [-0.4, -0.2) is 59.2 Å². The summed E-state index contributed by atoms with van der Waals surface area (Å²) < 4.78 is 5.38. The van der Waals surface area contributed by atoms with Gasteiger partial charge in [0.1, 0.15) is 11.8 Å². The van der Waals surface area contributed by atoms with E-state index in [4.69, 9.17) is 4.74 Å². The highest BCUT2D eigenvalue weighted by Crippen LogP contribution is 2.35. The number of likely N-dealkylation sites (tertiary alicyclic amines) is 1. The van der Waals surface area contributed by atoms with Crippen LogP contribution in [0.2, 0.25) is 0 Å². The van der Waals surface area contributed by atoms with Crippen molar-refractivity contribution in [2.45, 2.75) is 64.6 Å². The monoisotopic (exact) mass is 545 g/mol. The quantitative estimate of drug-likeness (QED) is 0.323. The normalized spacial score (nSPS) is 19.6. The number of allylic oxidation sites excluding steroid dienone is 2. The van der Waals surface area contributed by atoms with Gasteiger partial charge in [-0.25, -0.2) is 0 Å². The van der Waals surface area contributed by atoms with E-state index < -0.39 is 6.04 Å². The van der Waals surface area contributed by atoms with Crippen LogP contribution in [0, 0.1) is 11.8 Å². The molecular formula is C32H39N3O5. The van der Waals surface area contributed by atoms with Crippen molar-refractivity contribution in [1.29, 1.82) is 0 Å². The lowest BCUT2D eigenvalue weighted by atomic mass is 9.85. The summed E-state index contributed by atoms with van der Waals surface area (Å²) in [7, 11) is 1.58. The van der Waals surface area contributed by atoms with Crippen LogP contribution in [0.5, 0.6) is 5.75 Å². The average molecular weight is 546 g/mol. The summed E-state index contributed by atoms with van der Waals surface area (Å²) >= 11 is 0. The molecular weight excluding hydrogens is 506 g/mol. The first kappa shape index (κ1) is 29.1. The van der Waals surface area contributed by atoms with E-state index in [2.05, 4.69) is 5.32 Å². The van der Waals surface area contributed by atoms with E-state index in [1.54, 1.807) is 12.0 Å². The number of imide groups is 1. The Morgan fingerprint density at radius 1 is 1.00 bits per heavy atom. The predicted octanol–water partition coefficient (Wildman–Crippen LogP) is 3.89.